The van der Waals surface area contributed by atoms with Crippen molar-refractivity contribution in [3.63, 3.8) is 0 Å². The predicted octanol–water partition coefficient (Wildman–Crippen LogP) is 3.05. The lowest BCUT2D eigenvalue weighted by Crippen LogP contribution is -2.11. The van der Waals surface area contributed by atoms with E-state index >= 15 is 0 Å². The van der Waals surface area contributed by atoms with Gasteiger partial charge in [0.25, 0.3) is 0 Å². The van der Waals surface area contributed by atoms with Gasteiger partial charge in [0.15, 0.2) is 0 Å². The van der Waals surface area contributed by atoms with Crippen molar-refractivity contribution in [1.29, 1.82) is 0 Å². The number of carbonyl (C=O) groups is 1. The molecule has 0 radical (unpaired) electrons. The summed E-state index contributed by atoms with van der Waals surface area (Å²) in [5, 5.41) is 0.779. The molecule has 118 valence electrons. The Labute approximate surface area is 133 Å². The second-order valence-electron chi connectivity index (χ2n) is 5.36. The molecule has 23 heavy (non-hydrogen) atoms. The number of fused-ring (bicyclic) bond motifs is 1. The third kappa shape index (κ3) is 3.04. The van der Waals surface area contributed by atoms with Gasteiger partial charge in [-0.15, -0.1) is 0 Å². The number of hydrogen-bond acceptors (Lipinski definition) is 4. The van der Waals surface area contributed by atoms with Crippen LogP contribution in [0.2, 0.25) is 0 Å². The first-order valence-electron chi connectivity index (χ1n) is 7.42. The second-order valence-corrected chi connectivity index (χ2v) is 5.36. The average molecular weight is 311 g/mol. The fourth-order valence-electron chi connectivity index (χ4n) is 2.50. The smallest absolute Gasteiger partial charge is 0.355 e. The molecule has 0 aliphatic heterocycles. The zero-order valence-corrected chi connectivity index (χ0v) is 13.0. The van der Waals surface area contributed by atoms with Crippen molar-refractivity contribution in [2.45, 2.75) is 20.0 Å². The summed E-state index contributed by atoms with van der Waals surface area (Å²) >= 11 is 0. The minimum absolute atomic E-state index is 0.0254. The molecular formula is C18H17NO4. The van der Waals surface area contributed by atoms with E-state index in [2.05, 4.69) is 0 Å². The van der Waals surface area contributed by atoms with E-state index in [1.807, 2.05) is 25.1 Å². The third-order valence-electron chi connectivity index (χ3n) is 3.81. The van der Waals surface area contributed by atoms with Crippen molar-refractivity contribution in [3.05, 3.63) is 69.8 Å². The van der Waals surface area contributed by atoms with Crippen LogP contribution in [0.3, 0.4) is 0 Å². The van der Waals surface area contributed by atoms with Gasteiger partial charge in [0.2, 0.25) is 0 Å². The molecule has 2 heterocycles. The minimum Gasteiger partial charge on any atom is -0.456 e. The first kappa shape index (κ1) is 15.1. The molecule has 2 aromatic heterocycles. The summed E-state index contributed by atoms with van der Waals surface area (Å²) in [5.41, 5.74) is 2.25. The van der Waals surface area contributed by atoms with Gasteiger partial charge >= 0.3 is 11.6 Å². The zero-order chi connectivity index (χ0) is 16.4. The first-order valence-corrected chi connectivity index (χ1v) is 7.42. The molecular weight excluding hydrogens is 294 g/mol. The SMILES string of the molecule is CCc1ccc2c(COC(=O)c3cccn3C)cc(=O)oc2c1. The summed E-state index contributed by atoms with van der Waals surface area (Å²) in [6.07, 6.45) is 2.63. The molecule has 0 saturated heterocycles. The molecule has 0 saturated carbocycles. The van der Waals surface area contributed by atoms with Crippen molar-refractivity contribution in [3.8, 4) is 0 Å². The Morgan fingerprint density at radius 3 is 2.78 bits per heavy atom. The van der Waals surface area contributed by atoms with Crippen molar-refractivity contribution in [2.24, 2.45) is 7.05 Å². The number of benzene rings is 1. The topological polar surface area (TPSA) is 61.4 Å². The fourth-order valence-corrected chi connectivity index (χ4v) is 2.50. The molecule has 3 aromatic rings. The number of rotatable bonds is 4. The quantitative estimate of drug-likeness (QED) is 0.549. The van der Waals surface area contributed by atoms with Gasteiger partial charge in [-0.05, 0) is 30.2 Å². The maximum Gasteiger partial charge on any atom is 0.355 e. The number of nitrogens with zero attached hydrogens (tertiary/aromatic N) is 1. The number of carbonyl (C=O) groups excluding carboxylic acids is 1. The maximum atomic E-state index is 12.1. The Bertz CT molecular complexity index is 920. The third-order valence-corrected chi connectivity index (χ3v) is 3.81. The van der Waals surface area contributed by atoms with Crippen LogP contribution in [0.15, 0.2) is 51.8 Å². The fraction of sp³-hybridized carbons (Fsp3) is 0.222. The summed E-state index contributed by atoms with van der Waals surface area (Å²) in [6, 6.07) is 10.5. The second kappa shape index (κ2) is 6.12. The van der Waals surface area contributed by atoms with Crippen LogP contribution in [0.5, 0.6) is 0 Å². The molecule has 5 heteroatoms. The highest BCUT2D eigenvalue weighted by atomic mass is 16.5. The lowest BCUT2D eigenvalue weighted by molar-refractivity contribution is 0.0462. The van der Waals surface area contributed by atoms with Gasteiger partial charge in [0, 0.05) is 30.3 Å². The van der Waals surface area contributed by atoms with Crippen LogP contribution < -0.4 is 5.63 Å². The van der Waals surface area contributed by atoms with Crippen LogP contribution in [0, 0.1) is 0 Å². The number of hydrogen-bond donors (Lipinski definition) is 0. The van der Waals surface area contributed by atoms with Gasteiger partial charge in [0.05, 0.1) is 0 Å². The van der Waals surface area contributed by atoms with Crippen molar-refractivity contribution in [1.82, 2.24) is 4.57 Å². The van der Waals surface area contributed by atoms with Gasteiger partial charge in [-0.1, -0.05) is 19.1 Å². The van der Waals surface area contributed by atoms with Crippen molar-refractivity contribution in [2.75, 3.05) is 0 Å². The molecule has 0 aliphatic carbocycles. The molecule has 0 atom stereocenters. The Morgan fingerprint density at radius 2 is 2.09 bits per heavy atom. The van der Waals surface area contributed by atoms with Gasteiger partial charge < -0.3 is 13.7 Å². The number of aryl methyl sites for hydroxylation is 2. The van der Waals surface area contributed by atoms with Crippen LogP contribution in [0.1, 0.15) is 28.5 Å². The molecule has 0 spiro atoms. The molecule has 0 aliphatic rings. The van der Waals surface area contributed by atoms with Crippen molar-refractivity contribution >= 4 is 16.9 Å². The molecule has 0 fully saturated rings. The molecule has 0 bridgehead atoms. The highest BCUT2D eigenvalue weighted by Gasteiger charge is 2.13. The summed E-state index contributed by atoms with van der Waals surface area (Å²) < 4.78 is 12.3. The zero-order valence-electron chi connectivity index (χ0n) is 13.0. The van der Waals surface area contributed by atoms with Crippen molar-refractivity contribution < 1.29 is 13.9 Å². The monoisotopic (exact) mass is 311 g/mol. The average Bonchev–Trinajstić information content (AvgIpc) is 2.97. The summed E-state index contributed by atoms with van der Waals surface area (Å²) in [5.74, 6) is -0.427. The number of aromatic nitrogens is 1. The molecule has 0 unspecified atom stereocenters. The van der Waals surface area contributed by atoms with E-state index in [-0.39, 0.29) is 6.61 Å². The van der Waals surface area contributed by atoms with Crippen LogP contribution in [-0.2, 0) is 24.8 Å². The highest BCUT2D eigenvalue weighted by molar-refractivity contribution is 5.88. The van der Waals surface area contributed by atoms with E-state index in [1.54, 1.807) is 29.9 Å². The van der Waals surface area contributed by atoms with E-state index in [0.717, 1.165) is 17.4 Å². The molecule has 1 aromatic carbocycles. The first-order chi connectivity index (χ1) is 11.1. The van der Waals surface area contributed by atoms with Gasteiger partial charge in [0.1, 0.15) is 17.9 Å². The Kier molecular flexibility index (Phi) is 4.02. The van der Waals surface area contributed by atoms with E-state index in [0.29, 0.717) is 16.8 Å². The Hall–Kier alpha value is -2.82. The van der Waals surface area contributed by atoms with Crippen LogP contribution >= 0.6 is 0 Å². The minimum atomic E-state index is -0.448. The molecule has 5 nitrogen and oxygen atoms in total. The van der Waals surface area contributed by atoms with E-state index in [1.165, 1.54) is 6.07 Å². The van der Waals surface area contributed by atoms with Crippen LogP contribution in [-0.4, -0.2) is 10.5 Å². The van der Waals surface area contributed by atoms with Crippen LogP contribution in [0.25, 0.3) is 11.0 Å². The van der Waals surface area contributed by atoms with Crippen LogP contribution in [0.4, 0.5) is 0 Å². The highest BCUT2D eigenvalue weighted by Crippen LogP contribution is 2.20. The molecule has 0 amide bonds. The Balaban J connectivity index is 1.89. The number of esters is 1. The maximum absolute atomic E-state index is 12.1. The Morgan fingerprint density at radius 1 is 1.26 bits per heavy atom. The lowest BCUT2D eigenvalue weighted by atomic mass is 10.1. The van der Waals surface area contributed by atoms with Gasteiger partial charge in [-0.25, -0.2) is 9.59 Å². The molecule has 0 N–H and O–H groups in total. The summed E-state index contributed by atoms with van der Waals surface area (Å²) in [6.45, 7) is 2.06. The summed E-state index contributed by atoms with van der Waals surface area (Å²) in [7, 11) is 1.77. The standard InChI is InChI=1S/C18H17NO4/c1-3-12-6-7-14-13(10-17(20)23-16(14)9-12)11-22-18(21)15-5-4-8-19(15)2/h4-10H,3,11H2,1-2H3. The summed E-state index contributed by atoms with van der Waals surface area (Å²) in [4.78, 5) is 23.8. The predicted molar refractivity (Wildman–Crippen MR) is 86.4 cm³/mol. The largest absolute Gasteiger partial charge is 0.456 e. The van der Waals surface area contributed by atoms with E-state index in [4.69, 9.17) is 9.15 Å². The van der Waals surface area contributed by atoms with E-state index < -0.39 is 11.6 Å². The molecule has 3 rings (SSSR count). The van der Waals surface area contributed by atoms with E-state index in [9.17, 15) is 9.59 Å². The number of ether oxygens (including phenoxy) is 1. The van der Waals surface area contributed by atoms with Gasteiger partial charge in [-0.3, -0.25) is 0 Å². The lowest BCUT2D eigenvalue weighted by Gasteiger charge is -2.08. The normalized spacial score (nSPS) is 10.9. The van der Waals surface area contributed by atoms with Gasteiger partial charge in [-0.2, -0.15) is 0 Å².